The lowest BCUT2D eigenvalue weighted by Gasteiger charge is -2.55. The van der Waals surface area contributed by atoms with E-state index in [9.17, 15) is 9.59 Å². The lowest BCUT2D eigenvalue weighted by atomic mass is 9.49. The number of ether oxygens (including phenoxy) is 1. The fourth-order valence-electron chi connectivity index (χ4n) is 6.04. The van der Waals surface area contributed by atoms with Crippen LogP contribution in [0, 0.1) is 23.2 Å². The molecule has 6 heteroatoms. The molecule has 5 nitrogen and oxygen atoms in total. The van der Waals surface area contributed by atoms with Crippen LogP contribution in [0.5, 0.6) is 0 Å². The van der Waals surface area contributed by atoms with E-state index in [-0.39, 0.29) is 17.9 Å². The van der Waals surface area contributed by atoms with E-state index >= 15 is 0 Å². The number of thiazole rings is 1. The van der Waals surface area contributed by atoms with Crippen LogP contribution in [-0.4, -0.2) is 22.9 Å². The molecule has 0 saturated heterocycles. The smallest absolute Gasteiger partial charge is 0.328 e. The van der Waals surface area contributed by atoms with E-state index in [1.165, 1.54) is 30.6 Å². The van der Waals surface area contributed by atoms with E-state index < -0.39 is 12.0 Å². The number of para-hydroxylation sites is 1. The molecule has 4 aliphatic rings. The van der Waals surface area contributed by atoms with Crippen LogP contribution < -0.4 is 5.32 Å². The van der Waals surface area contributed by atoms with Crippen molar-refractivity contribution in [2.24, 2.45) is 23.2 Å². The number of hydrogen-bond donors (Lipinski definition) is 1. The number of carbonyl (C=O) groups is 2. The van der Waals surface area contributed by atoms with Gasteiger partial charge in [0.05, 0.1) is 10.2 Å². The predicted molar refractivity (Wildman–Crippen MR) is 108 cm³/mol. The summed E-state index contributed by atoms with van der Waals surface area (Å²) < 4.78 is 6.51. The standard InChI is InChI=1S/C22H26N2O3S/c1-13(20(25)27-12-19-24-17-4-2-3-5-18(17)28-19)23-21(26)22-9-14-6-15(10-22)8-16(7-14)11-22/h2-5,13-16H,6-12H2,1H3,(H,23,26)/t13-,14?,15?,16?,22?/m0/s1. The van der Waals surface area contributed by atoms with Gasteiger partial charge in [-0.2, -0.15) is 0 Å². The molecule has 148 valence electrons. The molecule has 1 aromatic carbocycles. The summed E-state index contributed by atoms with van der Waals surface area (Å²) in [4.78, 5) is 30.0. The lowest BCUT2D eigenvalue weighted by Crippen LogP contribution is -2.55. The summed E-state index contributed by atoms with van der Waals surface area (Å²) in [5, 5.41) is 3.74. The first-order valence-corrected chi connectivity index (χ1v) is 11.1. The molecule has 1 N–H and O–H groups in total. The second kappa shape index (κ2) is 6.83. The van der Waals surface area contributed by atoms with Gasteiger partial charge in [-0.3, -0.25) is 4.79 Å². The molecule has 2 aromatic rings. The van der Waals surface area contributed by atoms with Crippen LogP contribution in [0.3, 0.4) is 0 Å². The molecule has 1 amide bonds. The molecule has 4 aliphatic carbocycles. The van der Waals surface area contributed by atoms with E-state index in [0.717, 1.165) is 34.5 Å². The highest BCUT2D eigenvalue weighted by Gasteiger charge is 2.54. The Bertz CT molecular complexity index is 853. The Morgan fingerprint density at radius 3 is 2.46 bits per heavy atom. The van der Waals surface area contributed by atoms with E-state index in [1.54, 1.807) is 6.92 Å². The van der Waals surface area contributed by atoms with Crippen molar-refractivity contribution in [2.75, 3.05) is 0 Å². The van der Waals surface area contributed by atoms with Crippen LogP contribution in [0.1, 0.15) is 50.5 Å². The van der Waals surface area contributed by atoms with Crippen molar-refractivity contribution in [1.29, 1.82) is 0 Å². The zero-order chi connectivity index (χ0) is 19.3. The monoisotopic (exact) mass is 398 g/mol. The molecule has 4 fully saturated rings. The summed E-state index contributed by atoms with van der Waals surface area (Å²) in [7, 11) is 0. The van der Waals surface area contributed by atoms with Crippen molar-refractivity contribution in [3.8, 4) is 0 Å². The van der Waals surface area contributed by atoms with Crippen molar-refractivity contribution in [3.63, 3.8) is 0 Å². The van der Waals surface area contributed by atoms with Gasteiger partial charge < -0.3 is 10.1 Å². The largest absolute Gasteiger partial charge is 0.457 e. The molecule has 28 heavy (non-hydrogen) atoms. The first-order valence-electron chi connectivity index (χ1n) is 10.3. The highest BCUT2D eigenvalue weighted by atomic mass is 32.1. The Morgan fingerprint density at radius 1 is 1.18 bits per heavy atom. The Hall–Kier alpha value is -1.95. The van der Waals surface area contributed by atoms with Crippen molar-refractivity contribution in [1.82, 2.24) is 10.3 Å². The third-order valence-corrected chi connectivity index (χ3v) is 7.91. The molecule has 1 atom stereocenters. The number of fused-ring (bicyclic) bond motifs is 1. The quantitative estimate of drug-likeness (QED) is 0.771. The van der Waals surface area contributed by atoms with Crippen LogP contribution in [0.2, 0.25) is 0 Å². The van der Waals surface area contributed by atoms with Crippen molar-refractivity contribution in [2.45, 2.75) is 58.1 Å². The summed E-state index contributed by atoms with van der Waals surface area (Å²) in [5.74, 6) is 1.79. The number of rotatable bonds is 5. The third kappa shape index (κ3) is 3.21. The van der Waals surface area contributed by atoms with Gasteiger partial charge in [-0.05, 0) is 75.3 Å². The molecular weight excluding hydrogens is 372 g/mol. The molecule has 4 saturated carbocycles. The van der Waals surface area contributed by atoms with Gasteiger partial charge in [-0.1, -0.05) is 12.1 Å². The summed E-state index contributed by atoms with van der Waals surface area (Å²) >= 11 is 1.53. The minimum Gasteiger partial charge on any atom is -0.457 e. The van der Waals surface area contributed by atoms with Crippen LogP contribution in [-0.2, 0) is 20.9 Å². The van der Waals surface area contributed by atoms with E-state index in [2.05, 4.69) is 10.3 Å². The van der Waals surface area contributed by atoms with E-state index in [0.29, 0.717) is 17.8 Å². The van der Waals surface area contributed by atoms with Gasteiger partial charge in [-0.25, -0.2) is 9.78 Å². The van der Waals surface area contributed by atoms with Crippen LogP contribution >= 0.6 is 11.3 Å². The molecule has 0 aliphatic heterocycles. The number of nitrogens with one attached hydrogen (secondary N) is 1. The number of aromatic nitrogens is 1. The summed E-state index contributed by atoms with van der Waals surface area (Å²) in [6.07, 6.45) is 6.89. The SMILES string of the molecule is C[C@H](NC(=O)C12CC3CC(CC(C3)C1)C2)C(=O)OCc1nc2ccccc2s1. The highest BCUT2D eigenvalue weighted by molar-refractivity contribution is 7.18. The molecule has 6 rings (SSSR count). The molecule has 0 spiro atoms. The number of nitrogens with zero attached hydrogens (tertiary/aromatic N) is 1. The molecule has 0 unspecified atom stereocenters. The minimum absolute atomic E-state index is 0.0658. The highest BCUT2D eigenvalue weighted by Crippen LogP contribution is 2.60. The Morgan fingerprint density at radius 2 is 1.82 bits per heavy atom. The average molecular weight is 399 g/mol. The number of hydrogen-bond acceptors (Lipinski definition) is 5. The zero-order valence-corrected chi connectivity index (χ0v) is 17.0. The zero-order valence-electron chi connectivity index (χ0n) is 16.1. The van der Waals surface area contributed by atoms with E-state index in [4.69, 9.17) is 4.74 Å². The maximum atomic E-state index is 13.1. The van der Waals surface area contributed by atoms with Crippen LogP contribution in [0.15, 0.2) is 24.3 Å². The second-order valence-corrected chi connectivity index (χ2v) is 10.2. The predicted octanol–water partition coefficient (Wildman–Crippen LogP) is 4.06. The molecule has 1 aromatic heterocycles. The maximum Gasteiger partial charge on any atom is 0.328 e. The van der Waals surface area contributed by atoms with Gasteiger partial charge in [0, 0.05) is 5.41 Å². The van der Waals surface area contributed by atoms with Gasteiger partial charge in [-0.15, -0.1) is 11.3 Å². The fourth-order valence-corrected chi connectivity index (χ4v) is 6.92. The van der Waals surface area contributed by atoms with Gasteiger partial charge in [0.2, 0.25) is 5.91 Å². The molecular formula is C22H26N2O3S. The lowest BCUT2D eigenvalue weighted by molar-refractivity contribution is -0.154. The molecule has 0 radical (unpaired) electrons. The van der Waals surface area contributed by atoms with Gasteiger partial charge >= 0.3 is 5.97 Å². The third-order valence-electron chi connectivity index (χ3n) is 6.90. The normalized spacial score (nSPS) is 31.7. The maximum absolute atomic E-state index is 13.1. The van der Waals surface area contributed by atoms with Gasteiger partial charge in [0.25, 0.3) is 0 Å². The van der Waals surface area contributed by atoms with E-state index in [1.807, 2.05) is 24.3 Å². The summed E-state index contributed by atoms with van der Waals surface area (Å²) in [5.41, 5.74) is 0.678. The number of carbonyl (C=O) groups excluding carboxylic acids is 2. The number of benzene rings is 1. The summed E-state index contributed by atoms with van der Waals surface area (Å²) in [6, 6.07) is 7.24. The van der Waals surface area contributed by atoms with Gasteiger partial charge in [0.15, 0.2) is 0 Å². The fraction of sp³-hybridized carbons (Fsp3) is 0.591. The summed E-state index contributed by atoms with van der Waals surface area (Å²) in [6.45, 7) is 1.87. The molecule has 4 bridgehead atoms. The first-order chi connectivity index (χ1) is 13.5. The van der Waals surface area contributed by atoms with Crippen LogP contribution in [0.4, 0.5) is 0 Å². The Labute approximate surface area is 168 Å². The van der Waals surface area contributed by atoms with Crippen molar-refractivity contribution < 1.29 is 14.3 Å². The van der Waals surface area contributed by atoms with Crippen molar-refractivity contribution >= 4 is 33.4 Å². The van der Waals surface area contributed by atoms with Gasteiger partial charge in [0.1, 0.15) is 17.7 Å². The molecule has 1 heterocycles. The number of amides is 1. The number of esters is 1. The Kier molecular flexibility index (Phi) is 4.42. The van der Waals surface area contributed by atoms with Crippen LogP contribution in [0.25, 0.3) is 10.2 Å². The Balaban J connectivity index is 1.19. The van der Waals surface area contributed by atoms with Crippen molar-refractivity contribution in [3.05, 3.63) is 29.3 Å². The second-order valence-electron chi connectivity index (χ2n) is 9.08. The minimum atomic E-state index is -0.630. The average Bonchev–Trinajstić information content (AvgIpc) is 3.08. The topological polar surface area (TPSA) is 68.3 Å². The first kappa shape index (κ1) is 18.1.